The first-order chi connectivity index (χ1) is 10.3. The van der Waals surface area contributed by atoms with Crippen LogP contribution in [-0.2, 0) is 19.3 Å². The Morgan fingerprint density at radius 3 is 2.67 bits per heavy atom. The lowest BCUT2D eigenvalue weighted by Crippen LogP contribution is -2.38. The van der Waals surface area contributed by atoms with Crippen molar-refractivity contribution in [3.8, 4) is 0 Å². The normalized spacial score (nSPS) is 14.9. The molecule has 0 radical (unpaired) electrons. The second-order valence-electron chi connectivity index (χ2n) is 5.65. The third-order valence-corrected chi connectivity index (χ3v) is 5.25. The summed E-state index contributed by atoms with van der Waals surface area (Å²) < 4.78 is 0. The fourth-order valence-corrected chi connectivity index (χ4v) is 3.87. The zero-order valence-corrected chi connectivity index (χ0v) is 13.0. The predicted octanol–water partition coefficient (Wildman–Crippen LogP) is 3.34. The van der Waals surface area contributed by atoms with E-state index in [4.69, 9.17) is 5.84 Å². The van der Waals surface area contributed by atoms with E-state index in [1.807, 2.05) is 17.8 Å². The first-order valence-electron chi connectivity index (χ1n) is 7.60. The number of hydrazine groups is 1. The van der Waals surface area contributed by atoms with Crippen molar-refractivity contribution in [3.05, 3.63) is 65.2 Å². The maximum Gasteiger partial charge on any atom is 0.0344 e. The molecule has 2 aromatic rings. The van der Waals surface area contributed by atoms with Crippen LogP contribution >= 0.6 is 11.8 Å². The van der Waals surface area contributed by atoms with Gasteiger partial charge in [0, 0.05) is 16.7 Å². The molecule has 0 saturated heterocycles. The Balaban J connectivity index is 1.59. The molecule has 3 rings (SSSR count). The standard InChI is InChI=1S/C18H22N2S/c19-20-17(13-21-18-7-2-1-3-8-18)12-14-9-10-15-5-4-6-16(15)11-14/h1-3,7-11,17,20H,4-6,12-13,19H2. The van der Waals surface area contributed by atoms with Crippen LogP contribution in [0.25, 0.3) is 0 Å². The first kappa shape index (κ1) is 14.6. The number of nitrogens with one attached hydrogen (secondary N) is 1. The number of hydrogen-bond acceptors (Lipinski definition) is 3. The van der Waals surface area contributed by atoms with Crippen LogP contribution in [0.3, 0.4) is 0 Å². The quantitative estimate of drug-likeness (QED) is 0.488. The number of fused-ring (bicyclic) bond motifs is 1. The molecule has 0 aliphatic heterocycles. The number of nitrogens with two attached hydrogens (primary N) is 1. The van der Waals surface area contributed by atoms with Crippen molar-refractivity contribution in [1.29, 1.82) is 0 Å². The van der Waals surface area contributed by atoms with Crippen LogP contribution in [0.1, 0.15) is 23.1 Å². The highest BCUT2D eigenvalue weighted by Gasteiger charge is 2.13. The minimum Gasteiger partial charge on any atom is -0.271 e. The van der Waals surface area contributed by atoms with Gasteiger partial charge in [-0.3, -0.25) is 11.3 Å². The molecule has 3 heteroatoms. The van der Waals surface area contributed by atoms with E-state index in [-0.39, 0.29) is 0 Å². The molecule has 21 heavy (non-hydrogen) atoms. The molecule has 0 aromatic heterocycles. The van der Waals surface area contributed by atoms with E-state index in [1.165, 1.54) is 35.3 Å². The SMILES string of the molecule is NNC(CSc1ccccc1)Cc1ccc2c(c1)CCC2. The van der Waals surface area contributed by atoms with Gasteiger partial charge in [-0.2, -0.15) is 0 Å². The molecule has 2 aromatic carbocycles. The van der Waals surface area contributed by atoms with E-state index < -0.39 is 0 Å². The summed E-state index contributed by atoms with van der Waals surface area (Å²) in [6.45, 7) is 0. The Kier molecular flexibility index (Phi) is 4.96. The van der Waals surface area contributed by atoms with Gasteiger partial charge in [0.2, 0.25) is 0 Å². The maximum absolute atomic E-state index is 5.73. The summed E-state index contributed by atoms with van der Waals surface area (Å²) in [5, 5.41) is 0. The van der Waals surface area contributed by atoms with Crippen molar-refractivity contribution in [3.63, 3.8) is 0 Å². The number of rotatable bonds is 6. The van der Waals surface area contributed by atoms with Gasteiger partial charge in [0.1, 0.15) is 0 Å². The number of thioether (sulfide) groups is 1. The van der Waals surface area contributed by atoms with Crippen molar-refractivity contribution < 1.29 is 0 Å². The van der Waals surface area contributed by atoms with Crippen LogP contribution in [-0.4, -0.2) is 11.8 Å². The third-order valence-electron chi connectivity index (χ3n) is 4.08. The Morgan fingerprint density at radius 1 is 1.05 bits per heavy atom. The van der Waals surface area contributed by atoms with E-state index in [1.54, 1.807) is 5.56 Å². The van der Waals surface area contributed by atoms with Crippen LogP contribution in [0.2, 0.25) is 0 Å². The van der Waals surface area contributed by atoms with E-state index >= 15 is 0 Å². The molecule has 0 bridgehead atoms. The van der Waals surface area contributed by atoms with Gasteiger partial charge in [0.25, 0.3) is 0 Å². The second kappa shape index (κ2) is 7.12. The lowest BCUT2D eigenvalue weighted by atomic mass is 10.0. The topological polar surface area (TPSA) is 38.0 Å². The summed E-state index contributed by atoms with van der Waals surface area (Å²) in [7, 11) is 0. The van der Waals surface area contributed by atoms with Crippen molar-refractivity contribution in [1.82, 2.24) is 5.43 Å². The third kappa shape index (κ3) is 3.88. The lowest BCUT2D eigenvalue weighted by molar-refractivity contribution is 0.575. The molecule has 1 atom stereocenters. The summed E-state index contributed by atoms with van der Waals surface area (Å²) >= 11 is 1.86. The lowest BCUT2D eigenvalue weighted by Gasteiger charge is -2.16. The predicted molar refractivity (Wildman–Crippen MR) is 90.4 cm³/mol. The van der Waals surface area contributed by atoms with Gasteiger partial charge in [-0.25, -0.2) is 0 Å². The molecule has 110 valence electrons. The van der Waals surface area contributed by atoms with E-state index in [0.717, 1.165) is 12.2 Å². The molecule has 0 fully saturated rings. The average Bonchev–Trinajstić information content (AvgIpc) is 3.00. The Hall–Kier alpha value is -1.29. The Labute approximate surface area is 131 Å². The van der Waals surface area contributed by atoms with Crippen molar-refractivity contribution in [2.75, 3.05) is 5.75 Å². The van der Waals surface area contributed by atoms with Gasteiger partial charge >= 0.3 is 0 Å². The molecular weight excluding hydrogens is 276 g/mol. The van der Waals surface area contributed by atoms with Crippen LogP contribution in [0.5, 0.6) is 0 Å². The summed E-state index contributed by atoms with van der Waals surface area (Å²) in [6, 6.07) is 17.7. The zero-order chi connectivity index (χ0) is 14.5. The van der Waals surface area contributed by atoms with Gasteiger partial charge in [-0.1, -0.05) is 36.4 Å². The van der Waals surface area contributed by atoms with Crippen LogP contribution in [0.15, 0.2) is 53.4 Å². The summed E-state index contributed by atoms with van der Waals surface area (Å²) in [4.78, 5) is 1.30. The molecule has 0 saturated carbocycles. The summed E-state index contributed by atoms with van der Waals surface area (Å²) in [5.41, 5.74) is 7.44. The van der Waals surface area contributed by atoms with Gasteiger partial charge < -0.3 is 0 Å². The van der Waals surface area contributed by atoms with Crippen LogP contribution in [0, 0.1) is 0 Å². The minimum atomic E-state index is 0.301. The highest BCUT2D eigenvalue weighted by molar-refractivity contribution is 7.99. The van der Waals surface area contributed by atoms with Gasteiger partial charge in [-0.15, -0.1) is 11.8 Å². The second-order valence-corrected chi connectivity index (χ2v) is 6.74. The molecule has 1 unspecified atom stereocenters. The van der Waals surface area contributed by atoms with Gasteiger partial charge in [0.15, 0.2) is 0 Å². The Morgan fingerprint density at radius 2 is 1.86 bits per heavy atom. The van der Waals surface area contributed by atoms with Crippen molar-refractivity contribution in [2.45, 2.75) is 36.6 Å². The van der Waals surface area contributed by atoms with Crippen molar-refractivity contribution >= 4 is 11.8 Å². The number of aryl methyl sites for hydroxylation is 2. The van der Waals surface area contributed by atoms with Crippen molar-refractivity contribution in [2.24, 2.45) is 5.84 Å². The smallest absolute Gasteiger partial charge is 0.0344 e. The number of hydrogen-bond donors (Lipinski definition) is 2. The van der Waals surface area contributed by atoms with Crippen LogP contribution in [0.4, 0.5) is 0 Å². The van der Waals surface area contributed by atoms with Gasteiger partial charge in [-0.05, 0) is 54.5 Å². The fourth-order valence-electron chi connectivity index (χ4n) is 2.92. The van der Waals surface area contributed by atoms with Gasteiger partial charge in [0.05, 0.1) is 0 Å². The summed E-state index contributed by atoms with van der Waals surface area (Å²) in [6.07, 6.45) is 4.78. The number of benzene rings is 2. The molecule has 2 nitrogen and oxygen atoms in total. The van der Waals surface area contributed by atoms with E-state index in [2.05, 4.69) is 47.9 Å². The molecule has 1 aliphatic rings. The maximum atomic E-state index is 5.73. The molecule has 0 spiro atoms. The zero-order valence-electron chi connectivity index (χ0n) is 12.2. The highest BCUT2D eigenvalue weighted by atomic mass is 32.2. The molecule has 0 heterocycles. The monoisotopic (exact) mass is 298 g/mol. The van der Waals surface area contributed by atoms with Crippen LogP contribution < -0.4 is 11.3 Å². The minimum absolute atomic E-state index is 0.301. The molecule has 1 aliphatic carbocycles. The molecule has 3 N–H and O–H groups in total. The Bertz CT molecular complexity index is 583. The summed E-state index contributed by atoms with van der Waals surface area (Å²) in [5.74, 6) is 6.72. The molecular formula is C18H22N2S. The highest BCUT2D eigenvalue weighted by Crippen LogP contribution is 2.24. The van der Waals surface area contributed by atoms with E-state index in [9.17, 15) is 0 Å². The largest absolute Gasteiger partial charge is 0.271 e. The first-order valence-corrected chi connectivity index (χ1v) is 8.58. The van der Waals surface area contributed by atoms with E-state index in [0.29, 0.717) is 6.04 Å². The molecule has 0 amide bonds. The average molecular weight is 298 g/mol. The fraction of sp³-hybridized carbons (Fsp3) is 0.333.